The van der Waals surface area contributed by atoms with Crippen molar-refractivity contribution in [2.45, 2.75) is 19.8 Å². The highest BCUT2D eigenvalue weighted by molar-refractivity contribution is 5.88. The maximum Gasteiger partial charge on any atom is 0.335 e. The summed E-state index contributed by atoms with van der Waals surface area (Å²) >= 11 is 0. The first-order valence-electron chi connectivity index (χ1n) is 7.85. The zero-order valence-corrected chi connectivity index (χ0v) is 14.2. The van der Waals surface area contributed by atoms with E-state index in [0.717, 1.165) is 41.0 Å². The second-order valence-corrected chi connectivity index (χ2v) is 5.41. The summed E-state index contributed by atoms with van der Waals surface area (Å²) in [7, 11) is 3.32. The molecule has 0 fully saturated rings. The van der Waals surface area contributed by atoms with Gasteiger partial charge in [0.25, 0.3) is 0 Å². The summed E-state index contributed by atoms with van der Waals surface area (Å²) in [4.78, 5) is 10.9. The number of aromatic carboxylic acids is 1. The van der Waals surface area contributed by atoms with Crippen LogP contribution in [-0.4, -0.2) is 25.3 Å². The van der Waals surface area contributed by atoms with Gasteiger partial charge in [-0.2, -0.15) is 0 Å². The van der Waals surface area contributed by atoms with Crippen LogP contribution in [0.25, 0.3) is 12.2 Å². The predicted molar refractivity (Wildman–Crippen MR) is 95.9 cm³/mol. The fraction of sp³-hybridized carbons (Fsp3) is 0.250. The topological polar surface area (TPSA) is 55.8 Å². The lowest BCUT2D eigenvalue weighted by Gasteiger charge is -2.14. The number of hydrogen-bond acceptors (Lipinski definition) is 3. The zero-order chi connectivity index (χ0) is 17.5. The molecule has 2 aromatic rings. The van der Waals surface area contributed by atoms with Gasteiger partial charge in [-0.3, -0.25) is 0 Å². The van der Waals surface area contributed by atoms with Crippen molar-refractivity contribution in [2.24, 2.45) is 0 Å². The third-order valence-corrected chi connectivity index (χ3v) is 3.76. The number of rotatable bonds is 7. The first-order valence-corrected chi connectivity index (χ1v) is 7.85. The SMILES string of the molecule is CCCc1c(OC)cc(/C=C/c2ccc(C(=O)O)cc2)cc1OC. The maximum absolute atomic E-state index is 10.9. The van der Waals surface area contributed by atoms with Crippen molar-refractivity contribution in [3.05, 3.63) is 58.7 Å². The fourth-order valence-corrected chi connectivity index (χ4v) is 2.53. The summed E-state index contributed by atoms with van der Waals surface area (Å²) in [5, 5.41) is 8.92. The Hall–Kier alpha value is -2.75. The molecule has 0 spiro atoms. The molecule has 0 amide bonds. The summed E-state index contributed by atoms with van der Waals surface area (Å²) in [6, 6.07) is 10.7. The molecule has 0 heterocycles. The van der Waals surface area contributed by atoms with Gasteiger partial charge >= 0.3 is 5.97 Å². The first-order chi connectivity index (χ1) is 11.6. The first kappa shape index (κ1) is 17.6. The van der Waals surface area contributed by atoms with Crippen LogP contribution in [0, 0.1) is 0 Å². The van der Waals surface area contributed by atoms with E-state index in [2.05, 4.69) is 6.92 Å². The number of hydrogen-bond donors (Lipinski definition) is 1. The second kappa shape index (κ2) is 8.20. The molecule has 126 valence electrons. The van der Waals surface area contributed by atoms with E-state index in [9.17, 15) is 4.79 Å². The van der Waals surface area contributed by atoms with E-state index < -0.39 is 5.97 Å². The third kappa shape index (κ3) is 4.16. The third-order valence-electron chi connectivity index (χ3n) is 3.76. The van der Waals surface area contributed by atoms with Crippen molar-refractivity contribution in [1.82, 2.24) is 0 Å². The van der Waals surface area contributed by atoms with E-state index >= 15 is 0 Å². The molecule has 0 aliphatic carbocycles. The Morgan fingerprint density at radius 1 is 1.00 bits per heavy atom. The van der Waals surface area contributed by atoms with E-state index in [0.29, 0.717) is 0 Å². The van der Waals surface area contributed by atoms with Crippen molar-refractivity contribution in [3.8, 4) is 11.5 Å². The number of carboxylic acids is 1. The Bertz CT molecular complexity index is 705. The maximum atomic E-state index is 10.9. The van der Waals surface area contributed by atoms with E-state index in [1.165, 1.54) is 0 Å². The molecule has 2 rings (SSSR count). The van der Waals surface area contributed by atoms with Crippen LogP contribution in [0.2, 0.25) is 0 Å². The van der Waals surface area contributed by atoms with Gasteiger partial charge in [-0.05, 0) is 41.8 Å². The normalized spacial score (nSPS) is 10.8. The van der Waals surface area contributed by atoms with Crippen LogP contribution >= 0.6 is 0 Å². The quantitative estimate of drug-likeness (QED) is 0.760. The molecule has 0 saturated heterocycles. The molecule has 4 heteroatoms. The standard InChI is InChI=1S/C20H22O4/c1-4-5-17-18(23-2)12-15(13-19(17)24-3)7-6-14-8-10-16(11-9-14)20(21)22/h6-13H,4-5H2,1-3H3,(H,21,22)/b7-6+. The zero-order valence-electron chi connectivity index (χ0n) is 14.2. The molecular weight excluding hydrogens is 304 g/mol. The van der Waals surface area contributed by atoms with Crippen LogP contribution in [-0.2, 0) is 6.42 Å². The van der Waals surface area contributed by atoms with Crippen LogP contribution in [0.4, 0.5) is 0 Å². The molecule has 0 aliphatic heterocycles. The minimum atomic E-state index is -0.925. The minimum Gasteiger partial charge on any atom is -0.496 e. The van der Waals surface area contributed by atoms with Gasteiger partial charge in [0.05, 0.1) is 19.8 Å². The summed E-state index contributed by atoms with van der Waals surface area (Å²) in [5.74, 6) is 0.709. The van der Waals surface area contributed by atoms with E-state index in [-0.39, 0.29) is 5.56 Å². The number of carboxylic acid groups (broad SMARTS) is 1. The average Bonchev–Trinajstić information content (AvgIpc) is 2.61. The van der Waals surface area contributed by atoms with Crippen molar-refractivity contribution in [3.63, 3.8) is 0 Å². The number of methoxy groups -OCH3 is 2. The molecule has 0 unspecified atom stereocenters. The summed E-state index contributed by atoms with van der Waals surface area (Å²) < 4.78 is 11.0. The lowest BCUT2D eigenvalue weighted by molar-refractivity contribution is 0.0697. The summed E-state index contributed by atoms with van der Waals surface area (Å²) in [6.07, 6.45) is 5.79. The molecular formula is C20H22O4. The van der Waals surface area contributed by atoms with Crippen molar-refractivity contribution in [1.29, 1.82) is 0 Å². The van der Waals surface area contributed by atoms with Gasteiger partial charge in [0, 0.05) is 5.56 Å². The van der Waals surface area contributed by atoms with Crippen LogP contribution in [0.1, 0.15) is 40.4 Å². The summed E-state index contributed by atoms with van der Waals surface area (Å²) in [6.45, 7) is 2.12. The molecule has 0 saturated carbocycles. The molecule has 4 nitrogen and oxygen atoms in total. The van der Waals surface area contributed by atoms with E-state index in [4.69, 9.17) is 14.6 Å². The van der Waals surface area contributed by atoms with Crippen LogP contribution in [0.5, 0.6) is 11.5 Å². The lowest BCUT2D eigenvalue weighted by atomic mass is 10.0. The Morgan fingerprint density at radius 2 is 1.54 bits per heavy atom. The van der Waals surface area contributed by atoms with E-state index in [1.807, 2.05) is 24.3 Å². The molecule has 0 aromatic heterocycles. The highest BCUT2D eigenvalue weighted by Crippen LogP contribution is 2.32. The van der Waals surface area contributed by atoms with Crippen molar-refractivity contribution in [2.75, 3.05) is 14.2 Å². The molecule has 1 N–H and O–H groups in total. The molecule has 0 radical (unpaired) electrons. The molecule has 0 atom stereocenters. The second-order valence-electron chi connectivity index (χ2n) is 5.41. The predicted octanol–water partition coefficient (Wildman–Crippen LogP) is 4.52. The Morgan fingerprint density at radius 3 is 2.00 bits per heavy atom. The molecule has 0 bridgehead atoms. The summed E-state index contributed by atoms with van der Waals surface area (Å²) in [5.41, 5.74) is 3.24. The van der Waals surface area contributed by atoms with Crippen molar-refractivity contribution >= 4 is 18.1 Å². The van der Waals surface area contributed by atoms with Crippen LogP contribution in [0.3, 0.4) is 0 Å². The van der Waals surface area contributed by atoms with Gasteiger partial charge in [-0.1, -0.05) is 37.6 Å². The van der Waals surface area contributed by atoms with Gasteiger partial charge in [0.1, 0.15) is 11.5 Å². The number of ether oxygens (including phenoxy) is 2. The van der Waals surface area contributed by atoms with Gasteiger partial charge < -0.3 is 14.6 Å². The monoisotopic (exact) mass is 326 g/mol. The highest BCUT2D eigenvalue weighted by atomic mass is 16.5. The average molecular weight is 326 g/mol. The van der Waals surface area contributed by atoms with Gasteiger partial charge in [-0.25, -0.2) is 4.79 Å². The van der Waals surface area contributed by atoms with Gasteiger partial charge in [0.15, 0.2) is 0 Å². The highest BCUT2D eigenvalue weighted by Gasteiger charge is 2.10. The number of benzene rings is 2. The Kier molecular flexibility index (Phi) is 6.01. The van der Waals surface area contributed by atoms with Crippen LogP contribution < -0.4 is 9.47 Å². The Labute approximate surface area is 142 Å². The van der Waals surface area contributed by atoms with E-state index in [1.54, 1.807) is 38.5 Å². The molecule has 2 aromatic carbocycles. The van der Waals surface area contributed by atoms with Gasteiger partial charge in [-0.15, -0.1) is 0 Å². The van der Waals surface area contributed by atoms with Crippen molar-refractivity contribution < 1.29 is 19.4 Å². The Balaban J connectivity index is 2.29. The number of carbonyl (C=O) groups is 1. The van der Waals surface area contributed by atoms with Gasteiger partial charge in [0.2, 0.25) is 0 Å². The molecule has 24 heavy (non-hydrogen) atoms. The molecule has 0 aliphatic rings. The largest absolute Gasteiger partial charge is 0.496 e. The fourth-order valence-electron chi connectivity index (χ4n) is 2.53. The minimum absolute atomic E-state index is 0.277. The lowest BCUT2D eigenvalue weighted by Crippen LogP contribution is -1.97. The van der Waals surface area contributed by atoms with Crippen LogP contribution in [0.15, 0.2) is 36.4 Å². The smallest absolute Gasteiger partial charge is 0.335 e.